The Morgan fingerprint density at radius 3 is 2.86 bits per heavy atom. The second-order valence-electron chi connectivity index (χ2n) is 2.56. The van der Waals surface area contributed by atoms with Crippen molar-refractivity contribution in [1.82, 2.24) is 0 Å². The van der Waals surface area contributed by atoms with E-state index in [1.807, 2.05) is 12.1 Å². The molecule has 0 aliphatic carbocycles. The highest BCUT2D eigenvalue weighted by Gasteiger charge is 2.09. The quantitative estimate of drug-likeness (QED) is 0.494. The molecule has 0 fully saturated rings. The van der Waals surface area contributed by atoms with E-state index >= 15 is 0 Å². The average Bonchev–Trinajstić information content (AvgIpc) is 2.20. The smallest absolute Gasteiger partial charge is 0.338 e. The largest absolute Gasteiger partial charge is 0.465 e. The standard InChI is InChI=1S/C8H9ClO2Si3/c1-11-8(10)6-4-5(9)2-3-7(6)13-14-12/h2-4H,1,12H3. The van der Waals surface area contributed by atoms with Gasteiger partial charge >= 0.3 is 5.97 Å². The fourth-order valence-electron chi connectivity index (χ4n) is 1.04. The van der Waals surface area contributed by atoms with Gasteiger partial charge in [-0.05, 0) is 20.5 Å². The van der Waals surface area contributed by atoms with Gasteiger partial charge in [0.25, 0.3) is 0 Å². The topological polar surface area (TPSA) is 26.3 Å². The van der Waals surface area contributed by atoms with Crippen LogP contribution in [0.2, 0.25) is 5.02 Å². The molecule has 0 aliphatic heterocycles. The van der Waals surface area contributed by atoms with Crippen LogP contribution in [0.3, 0.4) is 0 Å². The SMILES string of the molecule is COC(=O)c1cc(Cl)ccc1[Si]#[Si][SiH3]. The van der Waals surface area contributed by atoms with Gasteiger partial charge in [-0.15, -0.1) is 0 Å². The maximum atomic E-state index is 11.4. The van der Waals surface area contributed by atoms with Crippen LogP contribution in [0.15, 0.2) is 18.2 Å². The zero-order valence-corrected chi connectivity index (χ0v) is 12.7. The van der Waals surface area contributed by atoms with Gasteiger partial charge in [-0.25, -0.2) is 4.79 Å². The van der Waals surface area contributed by atoms with E-state index in [0.717, 1.165) is 13.1 Å². The summed E-state index contributed by atoms with van der Waals surface area (Å²) in [5, 5.41) is 1.64. The molecular weight excluding hydrogens is 248 g/mol. The van der Waals surface area contributed by atoms with E-state index in [9.17, 15) is 4.79 Å². The van der Waals surface area contributed by atoms with E-state index in [0.29, 0.717) is 19.0 Å². The van der Waals surface area contributed by atoms with Crippen molar-refractivity contribution in [3.8, 4) is 0 Å². The van der Waals surface area contributed by atoms with Gasteiger partial charge in [-0.2, -0.15) is 0 Å². The number of carbonyl (C=O) groups is 1. The second-order valence-corrected chi connectivity index (χ2v) is 11.0. The van der Waals surface area contributed by atoms with E-state index in [1.165, 1.54) is 16.9 Å². The highest BCUT2D eigenvalue weighted by Crippen LogP contribution is 2.09. The lowest BCUT2D eigenvalue weighted by Crippen LogP contribution is -2.19. The van der Waals surface area contributed by atoms with Crippen LogP contribution >= 0.6 is 11.6 Å². The molecule has 0 radical (unpaired) electrons. The van der Waals surface area contributed by atoms with E-state index in [2.05, 4.69) is 0 Å². The lowest BCUT2D eigenvalue weighted by Gasteiger charge is -2.02. The number of benzene rings is 1. The number of esters is 1. The maximum absolute atomic E-state index is 11.4. The molecule has 0 heterocycles. The molecule has 72 valence electrons. The zero-order valence-electron chi connectivity index (χ0n) is 7.93. The summed E-state index contributed by atoms with van der Waals surface area (Å²) < 4.78 is 4.70. The van der Waals surface area contributed by atoms with E-state index in [-0.39, 0.29) is 5.97 Å². The van der Waals surface area contributed by atoms with Crippen molar-refractivity contribution in [3.63, 3.8) is 0 Å². The van der Waals surface area contributed by atoms with Gasteiger partial charge in [0.2, 0.25) is 0 Å². The third kappa shape index (κ3) is 2.81. The summed E-state index contributed by atoms with van der Waals surface area (Å²) in [6.45, 7) is 0. The molecule has 0 bridgehead atoms. The first-order valence-electron chi connectivity index (χ1n) is 3.99. The fourth-order valence-corrected chi connectivity index (χ4v) is 5.84. The van der Waals surface area contributed by atoms with Crippen LogP contribution < -0.4 is 5.19 Å². The highest BCUT2D eigenvalue weighted by molar-refractivity contribution is 6.98. The fraction of sp³-hybridized carbons (Fsp3) is 0.125. The summed E-state index contributed by atoms with van der Waals surface area (Å²) in [5.74, 6) is -0.296. The van der Waals surface area contributed by atoms with Crippen LogP contribution in [-0.4, -0.2) is 39.2 Å². The average molecular weight is 257 g/mol. The van der Waals surface area contributed by atoms with E-state index in [1.54, 1.807) is 6.07 Å². The Hall–Kier alpha value is -0.369. The van der Waals surface area contributed by atoms with Gasteiger partial charge in [-0.3, -0.25) is 0 Å². The van der Waals surface area contributed by atoms with Crippen molar-refractivity contribution in [3.05, 3.63) is 28.8 Å². The molecule has 0 saturated carbocycles. The lowest BCUT2D eigenvalue weighted by atomic mass is 10.2. The van der Waals surface area contributed by atoms with E-state index in [4.69, 9.17) is 16.3 Å². The molecule has 14 heavy (non-hydrogen) atoms. The number of rotatable bonds is 1. The van der Waals surface area contributed by atoms with Crippen molar-refractivity contribution in [2.24, 2.45) is 0 Å². The Morgan fingerprint density at radius 1 is 1.57 bits per heavy atom. The molecule has 2 nitrogen and oxygen atoms in total. The molecule has 0 spiro atoms. The molecular formula is C8H9ClO2Si3. The lowest BCUT2D eigenvalue weighted by molar-refractivity contribution is 0.0602. The molecule has 0 amide bonds. The van der Waals surface area contributed by atoms with Gasteiger partial charge in [0, 0.05) is 10.2 Å². The van der Waals surface area contributed by atoms with Crippen molar-refractivity contribution in [1.29, 1.82) is 0 Å². The first-order chi connectivity index (χ1) is 6.69. The number of halogens is 1. The molecule has 0 aromatic heterocycles. The van der Waals surface area contributed by atoms with Gasteiger partial charge in [-0.1, -0.05) is 25.6 Å². The van der Waals surface area contributed by atoms with E-state index < -0.39 is 0 Å². The number of carbonyl (C=O) groups excluding carboxylic acids is 1. The Balaban J connectivity index is 3.27. The third-order valence-electron chi connectivity index (χ3n) is 1.65. The van der Waals surface area contributed by atoms with Crippen LogP contribution in [0.25, 0.3) is 0 Å². The molecule has 0 atom stereocenters. The normalized spacial score (nSPS) is 9.00. The molecule has 0 N–H and O–H groups in total. The summed E-state index contributed by atoms with van der Waals surface area (Å²) in [4.78, 5) is 11.4. The summed E-state index contributed by atoms with van der Waals surface area (Å²) in [6.07, 6.45) is 0. The first-order valence-corrected chi connectivity index (χ1v) is 10.9. The van der Waals surface area contributed by atoms with Gasteiger partial charge in [0.1, 0.15) is 0 Å². The minimum Gasteiger partial charge on any atom is -0.465 e. The van der Waals surface area contributed by atoms with Crippen LogP contribution in [0.4, 0.5) is 0 Å². The van der Waals surface area contributed by atoms with Gasteiger partial charge in [0.05, 0.1) is 22.4 Å². The van der Waals surface area contributed by atoms with Crippen molar-refractivity contribution in [2.75, 3.05) is 7.11 Å². The minimum absolute atomic E-state index is 0.296. The Bertz CT molecular complexity index is 422. The Morgan fingerprint density at radius 2 is 2.29 bits per heavy atom. The second kappa shape index (κ2) is 5.50. The molecule has 0 aliphatic rings. The highest BCUT2D eigenvalue weighted by atomic mass is 35.5. The van der Waals surface area contributed by atoms with Crippen LogP contribution in [0.5, 0.6) is 0 Å². The third-order valence-corrected chi connectivity index (χ3v) is 6.65. The predicted molar refractivity (Wildman–Crippen MR) is 63.9 cm³/mol. The van der Waals surface area contributed by atoms with Crippen molar-refractivity contribution >= 4 is 48.9 Å². The molecule has 0 saturated heterocycles. The Kier molecular flexibility index (Phi) is 4.60. The van der Waals surface area contributed by atoms with Crippen molar-refractivity contribution < 1.29 is 9.53 Å². The number of hydrogen-bond acceptors (Lipinski definition) is 2. The van der Waals surface area contributed by atoms with Gasteiger partial charge in [0.15, 0.2) is 0 Å². The summed E-state index contributed by atoms with van der Waals surface area (Å²) in [5.41, 5.74) is 0.613. The van der Waals surface area contributed by atoms with Gasteiger partial charge < -0.3 is 4.74 Å². The number of hydrogen-bond donors (Lipinski definition) is 0. The molecule has 6 heteroatoms. The monoisotopic (exact) mass is 256 g/mol. The minimum atomic E-state index is -0.296. The number of ether oxygens (including phenoxy) is 1. The maximum Gasteiger partial charge on any atom is 0.338 e. The summed E-state index contributed by atoms with van der Waals surface area (Å²) in [6, 6.07) is 5.41. The molecule has 1 aromatic carbocycles. The van der Waals surface area contributed by atoms with Crippen LogP contribution in [0, 0.1) is 0 Å². The van der Waals surface area contributed by atoms with Crippen molar-refractivity contribution in [2.45, 2.75) is 0 Å². The molecule has 0 unspecified atom stereocenters. The molecule has 1 aromatic rings. The molecule has 1 rings (SSSR count). The van der Waals surface area contributed by atoms with Crippen LogP contribution in [0.1, 0.15) is 10.4 Å². The Labute approximate surface area is 94.4 Å². The van der Waals surface area contributed by atoms with Crippen LogP contribution in [-0.2, 0) is 4.74 Å². The first kappa shape index (κ1) is 11.7. The number of methoxy groups -OCH3 is 1. The predicted octanol–water partition coefficient (Wildman–Crippen LogP) is -0.644. The summed E-state index contributed by atoms with van der Waals surface area (Å²) in [7, 11) is 4.21. The summed E-state index contributed by atoms with van der Waals surface area (Å²) >= 11 is 5.82. The zero-order chi connectivity index (χ0) is 10.6.